The van der Waals surface area contributed by atoms with Crippen LogP contribution in [-0.4, -0.2) is 6.04 Å². The summed E-state index contributed by atoms with van der Waals surface area (Å²) < 4.78 is 0. The molecule has 3 rings (SSSR count). The predicted molar refractivity (Wildman–Crippen MR) is 81.0 cm³/mol. The lowest BCUT2D eigenvalue weighted by molar-refractivity contribution is 0.108. The van der Waals surface area contributed by atoms with Crippen molar-refractivity contribution in [1.29, 1.82) is 0 Å². The van der Waals surface area contributed by atoms with Gasteiger partial charge < -0.3 is 5.32 Å². The van der Waals surface area contributed by atoms with Gasteiger partial charge in [-0.1, -0.05) is 50.6 Å². The van der Waals surface area contributed by atoms with Crippen LogP contribution in [0.15, 0.2) is 24.3 Å². The van der Waals surface area contributed by atoms with Gasteiger partial charge in [0.25, 0.3) is 0 Å². The van der Waals surface area contributed by atoms with Crippen LogP contribution in [0.2, 0.25) is 0 Å². The summed E-state index contributed by atoms with van der Waals surface area (Å²) in [6.45, 7) is 10.6. The van der Waals surface area contributed by atoms with Crippen molar-refractivity contribution in [2.75, 3.05) is 0 Å². The topological polar surface area (TPSA) is 12.0 Å². The molecule has 1 unspecified atom stereocenters. The Hall–Kier alpha value is -0.820. The summed E-state index contributed by atoms with van der Waals surface area (Å²) in [7, 11) is 0. The van der Waals surface area contributed by atoms with E-state index in [1.165, 1.54) is 30.4 Å². The second kappa shape index (κ2) is 4.34. The van der Waals surface area contributed by atoms with Gasteiger partial charge in [0.2, 0.25) is 0 Å². The van der Waals surface area contributed by atoms with E-state index >= 15 is 0 Å². The van der Waals surface area contributed by atoms with Gasteiger partial charge in [-0.2, -0.15) is 0 Å². The standard InChI is InChI=1S/C18H27N/c1-13-6-5-7-14(10-13)12-19-16-17(2,3)15-8-9-18(16,4)11-15/h5-7,10,15-16,19H,8-9,11-12H2,1-4H3/t15-,16?,18+/m0/s1. The first-order valence-electron chi connectivity index (χ1n) is 7.71. The SMILES string of the molecule is Cc1cccc(CNC2C(C)(C)[C@H]3CC[C@]2(C)C3)c1. The molecule has 2 aliphatic carbocycles. The van der Waals surface area contributed by atoms with Crippen LogP contribution in [0, 0.1) is 23.7 Å². The van der Waals surface area contributed by atoms with Gasteiger partial charge in [-0.15, -0.1) is 0 Å². The van der Waals surface area contributed by atoms with Crippen molar-refractivity contribution < 1.29 is 0 Å². The summed E-state index contributed by atoms with van der Waals surface area (Å²) in [6.07, 6.45) is 4.27. The Kier molecular flexibility index (Phi) is 3.01. The van der Waals surface area contributed by atoms with Gasteiger partial charge in [-0.25, -0.2) is 0 Å². The molecule has 3 atom stereocenters. The molecule has 0 radical (unpaired) electrons. The smallest absolute Gasteiger partial charge is 0.0208 e. The third-order valence-electron chi connectivity index (χ3n) is 5.86. The van der Waals surface area contributed by atoms with E-state index in [4.69, 9.17) is 0 Å². The minimum atomic E-state index is 0.455. The van der Waals surface area contributed by atoms with Gasteiger partial charge in [0.05, 0.1) is 0 Å². The van der Waals surface area contributed by atoms with E-state index in [2.05, 4.69) is 57.3 Å². The molecule has 0 heterocycles. The van der Waals surface area contributed by atoms with Crippen LogP contribution >= 0.6 is 0 Å². The Balaban J connectivity index is 1.73. The Bertz CT molecular complexity index is 472. The van der Waals surface area contributed by atoms with Crippen LogP contribution in [0.25, 0.3) is 0 Å². The Morgan fingerprint density at radius 1 is 1.26 bits per heavy atom. The molecule has 0 amide bonds. The summed E-state index contributed by atoms with van der Waals surface area (Å²) in [5.74, 6) is 0.924. The minimum Gasteiger partial charge on any atom is -0.309 e. The van der Waals surface area contributed by atoms with E-state index in [-0.39, 0.29) is 0 Å². The fourth-order valence-corrected chi connectivity index (χ4v) is 4.85. The van der Waals surface area contributed by atoms with Gasteiger partial charge in [0.15, 0.2) is 0 Å². The quantitative estimate of drug-likeness (QED) is 0.851. The Morgan fingerprint density at radius 3 is 2.68 bits per heavy atom. The van der Waals surface area contributed by atoms with Gasteiger partial charge in [-0.05, 0) is 48.5 Å². The van der Waals surface area contributed by atoms with E-state index in [0.29, 0.717) is 16.9 Å². The summed E-state index contributed by atoms with van der Waals surface area (Å²) in [6, 6.07) is 9.55. The maximum Gasteiger partial charge on any atom is 0.0208 e. The highest BCUT2D eigenvalue weighted by Crippen LogP contribution is 2.62. The monoisotopic (exact) mass is 257 g/mol. The lowest BCUT2D eigenvalue weighted by atomic mass is 9.68. The Morgan fingerprint density at radius 2 is 2.05 bits per heavy atom. The molecule has 2 aliphatic rings. The molecule has 0 aliphatic heterocycles. The summed E-state index contributed by atoms with van der Waals surface area (Å²) in [4.78, 5) is 0. The van der Waals surface area contributed by atoms with Crippen molar-refractivity contribution >= 4 is 0 Å². The van der Waals surface area contributed by atoms with Gasteiger partial charge in [0.1, 0.15) is 0 Å². The summed E-state index contributed by atoms with van der Waals surface area (Å²) in [5, 5.41) is 3.89. The second-order valence-corrected chi connectivity index (χ2v) is 7.72. The lowest BCUT2D eigenvalue weighted by Crippen LogP contribution is -2.49. The number of benzene rings is 1. The van der Waals surface area contributed by atoms with Crippen LogP contribution in [-0.2, 0) is 6.54 Å². The molecule has 0 saturated heterocycles. The van der Waals surface area contributed by atoms with Crippen LogP contribution in [0.5, 0.6) is 0 Å². The molecule has 0 spiro atoms. The molecule has 1 N–H and O–H groups in total. The van der Waals surface area contributed by atoms with E-state index < -0.39 is 0 Å². The minimum absolute atomic E-state index is 0.455. The van der Waals surface area contributed by atoms with Crippen molar-refractivity contribution in [3.8, 4) is 0 Å². The van der Waals surface area contributed by atoms with Gasteiger partial charge in [-0.3, -0.25) is 0 Å². The van der Waals surface area contributed by atoms with Crippen LogP contribution < -0.4 is 5.32 Å². The third kappa shape index (κ3) is 2.12. The number of fused-ring (bicyclic) bond motifs is 2. The van der Waals surface area contributed by atoms with E-state index in [1.54, 1.807) is 0 Å². The molecule has 1 heteroatoms. The first-order valence-corrected chi connectivity index (χ1v) is 7.71. The van der Waals surface area contributed by atoms with Crippen LogP contribution in [0.4, 0.5) is 0 Å². The molecule has 2 saturated carbocycles. The maximum atomic E-state index is 3.89. The normalized spacial score (nSPS) is 35.8. The number of rotatable bonds is 3. The molecule has 1 aromatic rings. The molecule has 0 aromatic heterocycles. The third-order valence-corrected chi connectivity index (χ3v) is 5.86. The van der Waals surface area contributed by atoms with Crippen molar-refractivity contribution in [2.45, 2.75) is 59.5 Å². The molecule has 1 nitrogen and oxygen atoms in total. The zero-order valence-corrected chi connectivity index (χ0v) is 12.8. The predicted octanol–water partition coefficient (Wildman–Crippen LogP) is 4.30. The molecule has 2 bridgehead atoms. The summed E-state index contributed by atoms with van der Waals surface area (Å²) in [5.41, 5.74) is 3.76. The fourth-order valence-electron chi connectivity index (χ4n) is 4.85. The van der Waals surface area contributed by atoms with Crippen molar-refractivity contribution in [1.82, 2.24) is 5.32 Å². The average Bonchev–Trinajstić information content (AvgIpc) is 2.80. The molecule has 1 aromatic carbocycles. The highest BCUT2D eigenvalue weighted by Gasteiger charge is 2.58. The van der Waals surface area contributed by atoms with E-state index in [0.717, 1.165) is 12.5 Å². The van der Waals surface area contributed by atoms with Gasteiger partial charge in [0, 0.05) is 12.6 Å². The number of hydrogen-bond acceptors (Lipinski definition) is 1. The number of nitrogens with one attached hydrogen (secondary N) is 1. The zero-order chi connectivity index (χ0) is 13.7. The van der Waals surface area contributed by atoms with E-state index in [1.807, 2.05) is 0 Å². The second-order valence-electron chi connectivity index (χ2n) is 7.72. The van der Waals surface area contributed by atoms with Crippen LogP contribution in [0.3, 0.4) is 0 Å². The molecule has 19 heavy (non-hydrogen) atoms. The fraction of sp³-hybridized carbons (Fsp3) is 0.667. The highest BCUT2D eigenvalue weighted by atomic mass is 15.0. The number of hydrogen-bond donors (Lipinski definition) is 1. The van der Waals surface area contributed by atoms with Crippen molar-refractivity contribution in [3.63, 3.8) is 0 Å². The molecular formula is C18H27N. The van der Waals surface area contributed by atoms with E-state index in [9.17, 15) is 0 Å². The van der Waals surface area contributed by atoms with Crippen LogP contribution in [0.1, 0.15) is 51.2 Å². The van der Waals surface area contributed by atoms with Gasteiger partial charge >= 0.3 is 0 Å². The van der Waals surface area contributed by atoms with Crippen molar-refractivity contribution in [3.05, 3.63) is 35.4 Å². The highest BCUT2D eigenvalue weighted by molar-refractivity contribution is 5.22. The molecule has 2 fully saturated rings. The summed E-state index contributed by atoms with van der Waals surface area (Å²) >= 11 is 0. The maximum absolute atomic E-state index is 3.89. The number of aryl methyl sites for hydroxylation is 1. The van der Waals surface area contributed by atoms with Crippen molar-refractivity contribution in [2.24, 2.45) is 16.7 Å². The molecule has 104 valence electrons. The molecular weight excluding hydrogens is 230 g/mol. The Labute approximate surface area is 117 Å². The largest absolute Gasteiger partial charge is 0.309 e. The zero-order valence-electron chi connectivity index (χ0n) is 12.8. The average molecular weight is 257 g/mol. The first kappa shape index (κ1) is 13.2. The first-order chi connectivity index (χ1) is 8.92. The lowest BCUT2D eigenvalue weighted by Gasteiger charge is -2.43.